The van der Waals surface area contributed by atoms with Gasteiger partial charge in [-0.15, -0.1) is 0 Å². The maximum Gasteiger partial charge on any atom is 0.129 e. The van der Waals surface area contributed by atoms with Crippen LogP contribution in [0, 0.1) is 0 Å². The molecule has 0 heterocycles. The van der Waals surface area contributed by atoms with Gasteiger partial charge in [0.1, 0.15) is 11.5 Å². The molecule has 0 atom stereocenters. The Balaban J connectivity index is 0.000000541. The van der Waals surface area contributed by atoms with E-state index in [2.05, 4.69) is 29.6 Å². The Labute approximate surface area is 164 Å². The summed E-state index contributed by atoms with van der Waals surface area (Å²) in [6, 6.07) is 26.4. The van der Waals surface area contributed by atoms with Crippen LogP contribution in [0.15, 0.2) is 91.0 Å². The van der Waals surface area contributed by atoms with Gasteiger partial charge in [-0.1, -0.05) is 74.5 Å². The Morgan fingerprint density at radius 2 is 1.26 bits per heavy atom. The molecule has 0 aliphatic rings. The van der Waals surface area contributed by atoms with Gasteiger partial charge in [-0.25, -0.2) is 0 Å². The predicted molar refractivity (Wildman–Crippen MR) is 120 cm³/mol. The zero-order valence-corrected chi connectivity index (χ0v) is 17.1. The predicted octanol–water partition coefficient (Wildman–Crippen LogP) is 7.80. The van der Waals surface area contributed by atoms with Crippen LogP contribution in [0.5, 0.6) is 11.5 Å². The van der Waals surface area contributed by atoms with Crippen LogP contribution in [0.25, 0.3) is 11.1 Å². The number of benzene rings is 3. The van der Waals surface area contributed by atoms with Gasteiger partial charge in [0.2, 0.25) is 0 Å². The Morgan fingerprint density at radius 1 is 0.667 bits per heavy atom. The fourth-order valence-corrected chi connectivity index (χ4v) is 2.20. The number of allylic oxidation sites excluding steroid dienone is 2. The van der Waals surface area contributed by atoms with Crippen LogP contribution >= 0.6 is 0 Å². The van der Waals surface area contributed by atoms with Crippen LogP contribution in [0.3, 0.4) is 0 Å². The summed E-state index contributed by atoms with van der Waals surface area (Å²) >= 11 is 0. The number of anilines is 1. The molecule has 0 aliphatic heterocycles. The molecule has 3 rings (SSSR count). The third kappa shape index (κ3) is 7.83. The van der Waals surface area contributed by atoms with Crippen LogP contribution in [-0.4, -0.2) is 7.05 Å². The van der Waals surface area contributed by atoms with Gasteiger partial charge in [-0.05, 0) is 49.2 Å². The first kappa shape index (κ1) is 22.0. The molecule has 0 spiro atoms. The zero-order valence-electron chi connectivity index (χ0n) is 17.1. The first-order chi connectivity index (χ1) is 13.3. The standard InChI is InChI=1S/C19H17NO.C4H8.C2H6/c1-20-17-8-5-9-19(14-17)21-18-12-10-16(11-13-18)15-6-3-2-4-7-15;1-3-4-2;1-2/h2-14,20H,1H3;3-4H,1-2H3;1-2H3/b;4-3-;. The molecule has 2 heteroatoms. The number of rotatable bonds is 4. The normalized spacial score (nSPS) is 9.52. The molecule has 0 radical (unpaired) electrons. The molecule has 3 aromatic carbocycles. The Bertz CT molecular complexity index is 773. The molecule has 27 heavy (non-hydrogen) atoms. The van der Waals surface area contributed by atoms with E-state index in [1.54, 1.807) is 0 Å². The topological polar surface area (TPSA) is 21.3 Å². The summed E-state index contributed by atoms with van der Waals surface area (Å²) in [6.07, 6.45) is 4.00. The monoisotopic (exact) mass is 361 g/mol. The number of ether oxygens (including phenoxy) is 1. The minimum absolute atomic E-state index is 0.828. The summed E-state index contributed by atoms with van der Waals surface area (Å²) < 4.78 is 5.87. The average Bonchev–Trinajstić information content (AvgIpc) is 2.76. The van der Waals surface area contributed by atoms with Gasteiger partial charge in [0.05, 0.1) is 0 Å². The van der Waals surface area contributed by atoms with Crippen molar-refractivity contribution in [2.75, 3.05) is 12.4 Å². The van der Waals surface area contributed by atoms with Crippen LogP contribution in [-0.2, 0) is 0 Å². The Morgan fingerprint density at radius 3 is 1.81 bits per heavy atom. The van der Waals surface area contributed by atoms with Gasteiger partial charge in [0.15, 0.2) is 0 Å². The SMILES string of the molecule is C/C=C\C.CC.CNc1cccc(Oc2ccc(-c3ccccc3)cc2)c1. The van der Waals surface area contributed by atoms with Gasteiger partial charge in [-0.2, -0.15) is 0 Å². The molecule has 0 fully saturated rings. The van der Waals surface area contributed by atoms with Crippen molar-refractivity contribution in [3.05, 3.63) is 91.0 Å². The summed E-state index contributed by atoms with van der Waals surface area (Å²) in [5.74, 6) is 1.66. The maximum atomic E-state index is 5.87. The number of hydrogen-bond acceptors (Lipinski definition) is 2. The van der Waals surface area contributed by atoms with E-state index in [0.717, 1.165) is 17.2 Å². The first-order valence-corrected chi connectivity index (χ1v) is 9.45. The maximum absolute atomic E-state index is 5.87. The quantitative estimate of drug-likeness (QED) is 0.479. The summed E-state index contributed by atoms with van der Waals surface area (Å²) in [6.45, 7) is 8.00. The van der Waals surface area contributed by atoms with Gasteiger partial charge in [0.25, 0.3) is 0 Å². The molecule has 0 aliphatic carbocycles. The lowest BCUT2D eigenvalue weighted by Crippen LogP contribution is -1.89. The second-order valence-electron chi connectivity index (χ2n) is 5.44. The molecule has 142 valence electrons. The van der Waals surface area contributed by atoms with Crippen molar-refractivity contribution in [2.45, 2.75) is 27.7 Å². The molecular formula is C25H31NO. The lowest BCUT2D eigenvalue weighted by molar-refractivity contribution is 0.483. The van der Waals surface area contributed by atoms with Crippen molar-refractivity contribution in [1.29, 1.82) is 0 Å². The third-order valence-corrected chi connectivity index (χ3v) is 3.65. The van der Waals surface area contributed by atoms with Crippen molar-refractivity contribution in [3.63, 3.8) is 0 Å². The fourth-order valence-electron chi connectivity index (χ4n) is 2.20. The molecule has 0 saturated carbocycles. The van der Waals surface area contributed by atoms with E-state index in [1.165, 1.54) is 11.1 Å². The van der Waals surface area contributed by atoms with E-state index in [4.69, 9.17) is 4.74 Å². The van der Waals surface area contributed by atoms with Crippen LogP contribution in [0.1, 0.15) is 27.7 Å². The van der Waals surface area contributed by atoms with E-state index >= 15 is 0 Å². The summed E-state index contributed by atoms with van der Waals surface area (Å²) in [5, 5.41) is 3.10. The molecule has 2 nitrogen and oxygen atoms in total. The second-order valence-corrected chi connectivity index (χ2v) is 5.44. The van der Waals surface area contributed by atoms with E-state index in [9.17, 15) is 0 Å². The highest BCUT2D eigenvalue weighted by Gasteiger charge is 2.00. The zero-order chi connectivity index (χ0) is 19.9. The van der Waals surface area contributed by atoms with Gasteiger partial charge in [-0.3, -0.25) is 0 Å². The highest BCUT2D eigenvalue weighted by atomic mass is 16.5. The van der Waals surface area contributed by atoms with Gasteiger partial charge < -0.3 is 10.1 Å². The second kappa shape index (κ2) is 13.2. The Kier molecular flexibility index (Phi) is 10.8. The van der Waals surface area contributed by atoms with Gasteiger partial charge >= 0.3 is 0 Å². The van der Waals surface area contributed by atoms with E-state index in [0.29, 0.717) is 0 Å². The van der Waals surface area contributed by atoms with Crippen LogP contribution in [0.2, 0.25) is 0 Å². The summed E-state index contributed by atoms with van der Waals surface area (Å²) in [4.78, 5) is 0. The fraction of sp³-hybridized carbons (Fsp3) is 0.200. The van der Waals surface area contributed by atoms with Crippen molar-refractivity contribution < 1.29 is 4.74 Å². The average molecular weight is 362 g/mol. The van der Waals surface area contributed by atoms with Crippen molar-refractivity contribution in [1.82, 2.24) is 0 Å². The molecular weight excluding hydrogens is 330 g/mol. The highest BCUT2D eigenvalue weighted by molar-refractivity contribution is 5.64. The molecule has 0 bridgehead atoms. The molecule has 1 N–H and O–H groups in total. The van der Waals surface area contributed by atoms with Crippen molar-refractivity contribution >= 4 is 5.69 Å². The molecule has 0 aromatic heterocycles. The van der Waals surface area contributed by atoms with E-state index < -0.39 is 0 Å². The Hall–Kier alpha value is -3.00. The minimum Gasteiger partial charge on any atom is -0.457 e. The van der Waals surface area contributed by atoms with Crippen LogP contribution in [0.4, 0.5) is 5.69 Å². The molecule has 3 aromatic rings. The van der Waals surface area contributed by atoms with Crippen molar-refractivity contribution in [2.24, 2.45) is 0 Å². The van der Waals surface area contributed by atoms with Crippen LogP contribution < -0.4 is 10.1 Å². The first-order valence-electron chi connectivity index (χ1n) is 9.45. The summed E-state index contributed by atoms with van der Waals surface area (Å²) in [7, 11) is 1.90. The molecule has 0 unspecified atom stereocenters. The van der Waals surface area contributed by atoms with E-state index in [1.807, 2.05) is 101 Å². The largest absolute Gasteiger partial charge is 0.457 e. The number of hydrogen-bond donors (Lipinski definition) is 1. The lowest BCUT2D eigenvalue weighted by Gasteiger charge is -2.08. The summed E-state index contributed by atoms with van der Waals surface area (Å²) in [5.41, 5.74) is 3.43. The highest BCUT2D eigenvalue weighted by Crippen LogP contribution is 2.27. The van der Waals surface area contributed by atoms with Crippen molar-refractivity contribution in [3.8, 4) is 22.6 Å². The molecule has 0 amide bonds. The lowest BCUT2D eigenvalue weighted by atomic mass is 10.1. The minimum atomic E-state index is 0.828. The number of nitrogens with one attached hydrogen (secondary N) is 1. The third-order valence-electron chi connectivity index (χ3n) is 3.65. The van der Waals surface area contributed by atoms with Gasteiger partial charge in [0, 0.05) is 18.8 Å². The molecule has 0 saturated heterocycles. The smallest absolute Gasteiger partial charge is 0.129 e. The van der Waals surface area contributed by atoms with E-state index in [-0.39, 0.29) is 0 Å².